The maximum Gasteiger partial charge on any atom is -0.00206 e. The lowest BCUT2D eigenvalue weighted by Gasteiger charge is -2.18. The van der Waals surface area contributed by atoms with Crippen molar-refractivity contribution in [3.8, 4) is 0 Å². The van der Waals surface area contributed by atoms with E-state index in [1.54, 1.807) is 0 Å². The molecule has 1 fully saturated rings. The lowest BCUT2D eigenvalue weighted by atomic mass is 9.93. The molecule has 0 aliphatic heterocycles. The second-order valence-corrected chi connectivity index (χ2v) is 3.83. The highest BCUT2D eigenvalue weighted by Crippen LogP contribution is 2.30. The molecule has 1 atom stereocenters. The van der Waals surface area contributed by atoms with Gasteiger partial charge in [0.1, 0.15) is 0 Å². The zero-order valence-electron chi connectivity index (χ0n) is 7.90. The van der Waals surface area contributed by atoms with Gasteiger partial charge < -0.3 is 5.32 Å². The van der Waals surface area contributed by atoms with Crippen LogP contribution < -0.4 is 5.32 Å². The van der Waals surface area contributed by atoms with Gasteiger partial charge in [-0.05, 0) is 24.9 Å². The van der Waals surface area contributed by atoms with Gasteiger partial charge in [-0.25, -0.2) is 0 Å². The molecule has 1 aliphatic carbocycles. The van der Waals surface area contributed by atoms with Crippen LogP contribution in [-0.2, 0) is 0 Å². The third-order valence-corrected chi connectivity index (χ3v) is 2.92. The summed E-state index contributed by atoms with van der Waals surface area (Å²) in [6.45, 7) is 6.91. The Morgan fingerprint density at radius 2 is 2.00 bits per heavy atom. The van der Waals surface area contributed by atoms with Crippen LogP contribution in [0.5, 0.6) is 0 Å². The Labute approximate surface area is 70.6 Å². The van der Waals surface area contributed by atoms with Crippen LogP contribution in [0, 0.1) is 11.8 Å². The Morgan fingerprint density at radius 3 is 2.55 bits per heavy atom. The number of hydrogen-bond acceptors (Lipinski definition) is 1. The Kier molecular flexibility index (Phi) is 3.92. The van der Waals surface area contributed by atoms with E-state index in [9.17, 15) is 0 Å². The average Bonchev–Trinajstić information content (AvgIpc) is 2.52. The summed E-state index contributed by atoms with van der Waals surface area (Å²) in [5.74, 6) is 1.92. The second-order valence-electron chi connectivity index (χ2n) is 3.83. The fraction of sp³-hybridized carbons (Fsp3) is 1.00. The molecule has 0 amide bonds. The molecule has 1 rings (SSSR count). The summed E-state index contributed by atoms with van der Waals surface area (Å²) in [5, 5.41) is 3.42. The van der Waals surface area contributed by atoms with Gasteiger partial charge in [-0.1, -0.05) is 39.5 Å². The molecule has 1 saturated carbocycles. The van der Waals surface area contributed by atoms with Crippen LogP contribution in [0.3, 0.4) is 0 Å². The topological polar surface area (TPSA) is 12.0 Å². The lowest BCUT2D eigenvalue weighted by Crippen LogP contribution is -2.24. The predicted octanol–water partition coefficient (Wildman–Crippen LogP) is 2.42. The van der Waals surface area contributed by atoms with Crippen LogP contribution in [0.15, 0.2) is 0 Å². The zero-order valence-corrected chi connectivity index (χ0v) is 7.90. The molecule has 1 aliphatic rings. The van der Waals surface area contributed by atoms with Gasteiger partial charge >= 0.3 is 0 Å². The van der Waals surface area contributed by atoms with Gasteiger partial charge in [-0.3, -0.25) is 0 Å². The van der Waals surface area contributed by atoms with Crippen LogP contribution in [0.1, 0.15) is 39.5 Å². The van der Waals surface area contributed by atoms with Crippen molar-refractivity contribution in [3.05, 3.63) is 0 Å². The van der Waals surface area contributed by atoms with Crippen LogP contribution in [0.2, 0.25) is 0 Å². The minimum atomic E-state index is 0.900. The third-order valence-electron chi connectivity index (χ3n) is 2.92. The van der Waals surface area contributed by atoms with Crippen molar-refractivity contribution in [2.45, 2.75) is 39.5 Å². The van der Waals surface area contributed by atoms with E-state index in [4.69, 9.17) is 0 Å². The highest BCUT2D eigenvalue weighted by atomic mass is 14.8. The Hall–Kier alpha value is -0.0400. The molecule has 1 nitrogen and oxygen atoms in total. The lowest BCUT2D eigenvalue weighted by molar-refractivity contribution is 0.352. The number of hydrogen-bond donors (Lipinski definition) is 1. The van der Waals surface area contributed by atoms with Crippen molar-refractivity contribution in [1.82, 2.24) is 5.32 Å². The van der Waals surface area contributed by atoms with Crippen LogP contribution in [0.25, 0.3) is 0 Å². The quantitative estimate of drug-likeness (QED) is 0.657. The van der Waals surface area contributed by atoms with Crippen LogP contribution >= 0.6 is 0 Å². The van der Waals surface area contributed by atoms with Crippen LogP contribution in [-0.4, -0.2) is 13.1 Å². The van der Waals surface area contributed by atoms with Gasteiger partial charge in [0.2, 0.25) is 0 Å². The fourth-order valence-electron chi connectivity index (χ4n) is 2.07. The average molecular weight is 155 g/mol. The summed E-state index contributed by atoms with van der Waals surface area (Å²) in [4.78, 5) is 0. The van der Waals surface area contributed by atoms with Gasteiger partial charge in [0.25, 0.3) is 0 Å². The Bertz CT molecular complexity index is 95.0. The summed E-state index contributed by atoms with van der Waals surface area (Å²) in [5.41, 5.74) is 0. The molecular weight excluding hydrogens is 134 g/mol. The first-order valence-corrected chi connectivity index (χ1v) is 5.05. The largest absolute Gasteiger partial charge is 0.317 e. The third kappa shape index (κ3) is 2.82. The smallest absolute Gasteiger partial charge is 0.00206 e. The van der Waals surface area contributed by atoms with Gasteiger partial charge in [0.15, 0.2) is 0 Å². The van der Waals surface area contributed by atoms with Crippen molar-refractivity contribution >= 4 is 0 Å². The number of nitrogens with one attached hydrogen (secondary N) is 1. The van der Waals surface area contributed by atoms with E-state index in [2.05, 4.69) is 19.2 Å². The van der Waals surface area contributed by atoms with Crippen molar-refractivity contribution in [2.75, 3.05) is 13.1 Å². The van der Waals surface area contributed by atoms with E-state index in [1.165, 1.54) is 32.2 Å². The molecular formula is C10H21N. The maximum atomic E-state index is 3.42. The molecule has 0 radical (unpaired) electrons. The highest BCUT2D eigenvalue weighted by molar-refractivity contribution is 4.73. The Morgan fingerprint density at radius 1 is 1.36 bits per heavy atom. The maximum absolute atomic E-state index is 3.42. The first-order chi connectivity index (χ1) is 5.34. The molecule has 0 aromatic heterocycles. The van der Waals surface area contributed by atoms with Crippen molar-refractivity contribution in [1.29, 1.82) is 0 Å². The normalized spacial score (nSPS) is 22.4. The summed E-state index contributed by atoms with van der Waals surface area (Å²) >= 11 is 0. The predicted molar refractivity (Wildman–Crippen MR) is 49.7 cm³/mol. The first kappa shape index (κ1) is 9.05. The highest BCUT2D eigenvalue weighted by Gasteiger charge is 2.20. The van der Waals surface area contributed by atoms with Crippen molar-refractivity contribution < 1.29 is 0 Å². The molecule has 1 N–H and O–H groups in total. The van der Waals surface area contributed by atoms with E-state index < -0.39 is 0 Å². The van der Waals surface area contributed by atoms with E-state index in [-0.39, 0.29) is 0 Å². The van der Waals surface area contributed by atoms with Gasteiger partial charge in [-0.2, -0.15) is 0 Å². The molecule has 0 aromatic carbocycles. The molecule has 1 unspecified atom stereocenters. The molecule has 0 spiro atoms. The molecule has 66 valence electrons. The van der Waals surface area contributed by atoms with E-state index >= 15 is 0 Å². The Balaban J connectivity index is 2.12. The van der Waals surface area contributed by atoms with E-state index in [1.807, 2.05) is 0 Å². The SMILES string of the molecule is CCNCC(C)C1CCCC1. The van der Waals surface area contributed by atoms with Crippen molar-refractivity contribution in [2.24, 2.45) is 11.8 Å². The van der Waals surface area contributed by atoms with Gasteiger partial charge in [0, 0.05) is 0 Å². The van der Waals surface area contributed by atoms with Gasteiger partial charge in [-0.15, -0.1) is 0 Å². The minimum absolute atomic E-state index is 0.900. The summed E-state index contributed by atoms with van der Waals surface area (Å²) in [6, 6.07) is 0. The zero-order chi connectivity index (χ0) is 8.10. The van der Waals surface area contributed by atoms with E-state index in [0.717, 1.165) is 18.4 Å². The minimum Gasteiger partial charge on any atom is -0.317 e. The molecule has 0 aromatic rings. The molecule has 0 saturated heterocycles. The molecule has 0 bridgehead atoms. The fourth-order valence-corrected chi connectivity index (χ4v) is 2.07. The summed E-state index contributed by atoms with van der Waals surface area (Å²) in [7, 11) is 0. The van der Waals surface area contributed by atoms with E-state index in [0.29, 0.717) is 0 Å². The monoisotopic (exact) mass is 155 g/mol. The summed E-state index contributed by atoms with van der Waals surface area (Å²) in [6.07, 6.45) is 5.90. The molecule has 0 heterocycles. The van der Waals surface area contributed by atoms with Crippen molar-refractivity contribution in [3.63, 3.8) is 0 Å². The van der Waals surface area contributed by atoms with Crippen LogP contribution in [0.4, 0.5) is 0 Å². The number of rotatable bonds is 4. The second kappa shape index (κ2) is 4.76. The first-order valence-electron chi connectivity index (χ1n) is 5.05. The molecule has 1 heteroatoms. The molecule has 11 heavy (non-hydrogen) atoms. The van der Waals surface area contributed by atoms with Gasteiger partial charge in [0.05, 0.1) is 0 Å². The summed E-state index contributed by atoms with van der Waals surface area (Å²) < 4.78 is 0. The standard InChI is InChI=1S/C10H21N/c1-3-11-8-9(2)10-6-4-5-7-10/h9-11H,3-8H2,1-2H3.